The van der Waals surface area contributed by atoms with Gasteiger partial charge in [-0.3, -0.25) is 24.3 Å². The van der Waals surface area contributed by atoms with Gasteiger partial charge in [-0.1, -0.05) is 0 Å². The second-order valence-electron chi connectivity index (χ2n) is 7.47. The van der Waals surface area contributed by atoms with Gasteiger partial charge < -0.3 is 10.1 Å². The predicted octanol–water partition coefficient (Wildman–Crippen LogP) is 1.63. The predicted molar refractivity (Wildman–Crippen MR) is 105 cm³/mol. The van der Waals surface area contributed by atoms with Crippen LogP contribution in [0.3, 0.4) is 0 Å². The average molecular weight is 408 g/mol. The Morgan fingerprint density at radius 3 is 2.54 bits per heavy atom. The van der Waals surface area contributed by atoms with Crippen molar-refractivity contribution in [3.63, 3.8) is 0 Å². The van der Waals surface area contributed by atoms with Gasteiger partial charge in [-0.05, 0) is 47.1 Å². The van der Waals surface area contributed by atoms with Crippen molar-refractivity contribution in [3.8, 4) is 0 Å². The third kappa shape index (κ3) is 5.16. The molecule has 2 rings (SSSR count). The van der Waals surface area contributed by atoms with Crippen LogP contribution in [0.4, 0.5) is 4.79 Å². The Bertz CT molecular complexity index is 986. The normalized spacial score (nSPS) is 12.5. The zero-order chi connectivity index (χ0) is 21.2. The minimum absolute atomic E-state index is 0.342. The number of amides is 3. The van der Waals surface area contributed by atoms with E-state index >= 15 is 0 Å². The van der Waals surface area contributed by atoms with Gasteiger partial charge in [0.05, 0.1) is 11.7 Å². The quantitative estimate of drug-likeness (QED) is 0.742. The average Bonchev–Trinajstić information content (AvgIpc) is 2.83. The largest absolute Gasteiger partial charge is 0.451 e. The molecule has 0 radical (unpaired) electrons. The highest BCUT2D eigenvalue weighted by atomic mass is 32.1. The molecule has 2 heterocycles. The van der Waals surface area contributed by atoms with E-state index in [1.54, 1.807) is 20.8 Å². The zero-order valence-electron chi connectivity index (χ0n) is 16.7. The molecule has 0 aliphatic carbocycles. The number of carbonyl (C=O) groups excluding carboxylic acids is 3. The third-order valence-corrected chi connectivity index (χ3v) is 4.97. The molecule has 3 amide bonds. The summed E-state index contributed by atoms with van der Waals surface area (Å²) in [5, 5.41) is 5.15. The van der Waals surface area contributed by atoms with Crippen LogP contribution in [0, 0.1) is 13.8 Å². The summed E-state index contributed by atoms with van der Waals surface area (Å²) in [6.07, 6.45) is 0.0822. The van der Waals surface area contributed by atoms with Crippen LogP contribution in [0.5, 0.6) is 0 Å². The van der Waals surface area contributed by atoms with E-state index in [-0.39, 0.29) is 12.1 Å². The van der Waals surface area contributed by atoms with E-state index in [4.69, 9.17) is 4.74 Å². The lowest BCUT2D eigenvalue weighted by atomic mass is 10.1. The van der Waals surface area contributed by atoms with Crippen LogP contribution >= 0.6 is 11.3 Å². The molecule has 1 atom stereocenters. The van der Waals surface area contributed by atoms with Crippen LogP contribution in [-0.2, 0) is 20.9 Å². The van der Waals surface area contributed by atoms with Gasteiger partial charge in [0, 0.05) is 10.4 Å². The molecule has 0 spiro atoms. The molecule has 0 aromatic carbocycles. The van der Waals surface area contributed by atoms with Gasteiger partial charge in [0.1, 0.15) is 11.4 Å². The van der Waals surface area contributed by atoms with Gasteiger partial charge in [0.15, 0.2) is 6.10 Å². The minimum atomic E-state index is -1.20. The van der Waals surface area contributed by atoms with Crippen molar-refractivity contribution in [2.24, 2.45) is 0 Å². The van der Waals surface area contributed by atoms with E-state index in [2.05, 4.69) is 15.6 Å². The molecule has 0 fully saturated rings. The molecular formula is C18H24N4O5S. The Labute approximate surface area is 166 Å². The number of hydrogen-bond acceptors (Lipinski definition) is 7. The van der Waals surface area contributed by atoms with Gasteiger partial charge in [-0.25, -0.2) is 9.78 Å². The molecule has 9 nitrogen and oxygen atoms in total. The number of aromatic nitrogens is 2. The van der Waals surface area contributed by atoms with Gasteiger partial charge >= 0.3 is 12.0 Å². The number of hydrogen-bond donors (Lipinski definition) is 2. The molecule has 2 aromatic rings. The van der Waals surface area contributed by atoms with E-state index in [9.17, 15) is 19.2 Å². The summed E-state index contributed by atoms with van der Waals surface area (Å²) >= 11 is 1.41. The van der Waals surface area contributed by atoms with E-state index in [0.717, 1.165) is 15.0 Å². The number of carbonyl (C=O) groups is 3. The van der Waals surface area contributed by atoms with E-state index in [0.29, 0.717) is 10.2 Å². The number of urea groups is 1. The highest BCUT2D eigenvalue weighted by molar-refractivity contribution is 7.18. The topological polar surface area (TPSA) is 119 Å². The van der Waals surface area contributed by atoms with Gasteiger partial charge in [-0.2, -0.15) is 0 Å². The Kier molecular flexibility index (Phi) is 6.23. The fourth-order valence-electron chi connectivity index (χ4n) is 2.40. The van der Waals surface area contributed by atoms with Crippen molar-refractivity contribution < 1.29 is 19.1 Å². The Hall–Kier alpha value is -2.75. The fraction of sp³-hybridized carbons (Fsp3) is 0.500. The van der Waals surface area contributed by atoms with Crippen LogP contribution in [0.25, 0.3) is 10.2 Å². The number of ether oxygens (including phenoxy) is 1. The summed E-state index contributed by atoms with van der Waals surface area (Å²) in [6.45, 7) is 9.97. The first-order valence-corrected chi connectivity index (χ1v) is 9.48. The lowest BCUT2D eigenvalue weighted by Crippen LogP contribution is -2.50. The van der Waals surface area contributed by atoms with Crippen molar-refractivity contribution in [1.82, 2.24) is 20.2 Å². The first kappa shape index (κ1) is 21.5. The van der Waals surface area contributed by atoms with Crippen molar-refractivity contribution in [3.05, 3.63) is 27.1 Å². The van der Waals surface area contributed by atoms with E-state index in [1.165, 1.54) is 24.6 Å². The van der Waals surface area contributed by atoms with Gasteiger partial charge in [0.25, 0.3) is 11.5 Å². The Morgan fingerprint density at radius 1 is 1.29 bits per heavy atom. The van der Waals surface area contributed by atoms with Crippen LogP contribution < -0.4 is 16.2 Å². The molecule has 0 saturated carbocycles. The summed E-state index contributed by atoms with van der Waals surface area (Å²) in [5.41, 5.74) is -0.0295. The standard InChI is InChI=1S/C18H24N4O5S/c1-9-11(3)28-15-13(9)16(25)22(8-19-15)7-12(23)27-10(2)14(24)20-17(26)21-18(4,5)6/h8,10H,7H2,1-6H3,(H2,20,21,24,26)/t10-/m0/s1. The Balaban J connectivity index is 2.02. The number of imide groups is 1. The third-order valence-electron chi connectivity index (χ3n) is 3.86. The highest BCUT2D eigenvalue weighted by Crippen LogP contribution is 2.25. The summed E-state index contributed by atoms with van der Waals surface area (Å²) < 4.78 is 6.17. The number of rotatable bonds is 4. The number of nitrogens with one attached hydrogen (secondary N) is 2. The fourth-order valence-corrected chi connectivity index (χ4v) is 3.38. The summed E-state index contributed by atoms with van der Waals surface area (Å²) in [7, 11) is 0. The zero-order valence-corrected chi connectivity index (χ0v) is 17.5. The van der Waals surface area contributed by atoms with Crippen LogP contribution in [0.2, 0.25) is 0 Å². The summed E-state index contributed by atoms with van der Waals surface area (Å²) in [6, 6.07) is -0.686. The maximum absolute atomic E-state index is 12.6. The van der Waals surface area contributed by atoms with E-state index < -0.39 is 29.6 Å². The molecule has 0 aliphatic rings. The molecule has 0 bridgehead atoms. The number of esters is 1. The molecule has 152 valence electrons. The van der Waals surface area contributed by atoms with E-state index in [1.807, 2.05) is 13.8 Å². The second kappa shape index (κ2) is 8.09. The van der Waals surface area contributed by atoms with Crippen LogP contribution in [0.1, 0.15) is 38.1 Å². The molecule has 0 unspecified atom stereocenters. The minimum Gasteiger partial charge on any atom is -0.451 e. The van der Waals surface area contributed by atoms with Crippen LogP contribution in [-0.4, -0.2) is 39.1 Å². The number of nitrogens with zero attached hydrogens (tertiary/aromatic N) is 2. The molecule has 10 heteroatoms. The number of thiophene rings is 1. The molecule has 2 N–H and O–H groups in total. The molecular weight excluding hydrogens is 384 g/mol. The lowest BCUT2D eigenvalue weighted by molar-refractivity contribution is -0.155. The molecule has 2 aromatic heterocycles. The highest BCUT2D eigenvalue weighted by Gasteiger charge is 2.23. The maximum atomic E-state index is 12.6. The first-order chi connectivity index (χ1) is 12.9. The van der Waals surface area contributed by atoms with Crippen molar-refractivity contribution in [2.75, 3.05) is 0 Å². The number of fused-ring (bicyclic) bond motifs is 1. The SMILES string of the molecule is Cc1sc2ncn(CC(=O)O[C@@H](C)C(=O)NC(=O)NC(C)(C)C)c(=O)c2c1C. The van der Waals surface area contributed by atoms with Gasteiger partial charge in [-0.15, -0.1) is 11.3 Å². The first-order valence-electron chi connectivity index (χ1n) is 8.66. The summed E-state index contributed by atoms with van der Waals surface area (Å²) in [4.78, 5) is 54.2. The molecule has 0 saturated heterocycles. The van der Waals surface area contributed by atoms with Crippen molar-refractivity contribution >= 4 is 39.5 Å². The molecule has 28 heavy (non-hydrogen) atoms. The summed E-state index contributed by atoms with van der Waals surface area (Å²) in [5.74, 6) is -1.55. The Morgan fingerprint density at radius 2 is 1.93 bits per heavy atom. The lowest BCUT2D eigenvalue weighted by Gasteiger charge is -2.21. The van der Waals surface area contributed by atoms with Crippen molar-refractivity contribution in [1.29, 1.82) is 0 Å². The maximum Gasteiger partial charge on any atom is 0.326 e. The van der Waals surface area contributed by atoms with Crippen molar-refractivity contribution in [2.45, 2.75) is 59.7 Å². The van der Waals surface area contributed by atoms with Crippen LogP contribution in [0.15, 0.2) is 11.1 Å². The smallest absolute Gasteiger partial charge is 0.326 e. The van der Waals surface area contributed by atoms with Gasteiger partial charge in [0.2, 0.25) is 0 Å². The molecule has 0 aliphatic heterocycles. The second-order valence-corrected chi connectivity index (χ2v) is 8.67. The number of aryl methyl sites for hydroxylation is 2. The monoisotopic (exact) mass is 408 g/mol.